The Balaban J connectivity index is -0.0000000413. The third-order valence-corrected chi connectivity index (χ3v) is 1.65. The predicted octanol–water partition coefficient (Wildman–Crippen LogP) is 21.5. The summed E-state index contributed by atoms with van der Waals surface area (Å²) < 4.78 is 2.39. The molecule has 2 fully saturated rings. The van der Waals surface area contributed by atoms with Gasteiger partial charge in [-0.15, -0.1) is 0 Å². The molecule has 2 aliphatic heterocycles. The van der Waals surface area contributed by atoms with Crippen LogP contribution in [-0.4, -0.2) is 80.5 Å². The van der Waals surface area contributed by atoms with E-state index in [1.807, 2.05) is 0 Å². The molecule has 34 heteroatoms. The van der Waals surface area contributed by atoms with Gasteiger partial charge in [0.15, 0.2) is 43.0 Å². The minimum absolute atomic E-state index is 0.750. The van der Waals surface area contributed by atoms with Gasteiger partial charge < -0.3 is 14.6 Å². The summed E-state index contributed by atoms with van der Waals surface area (Å²) in [5.41, 5.74) is 0. The SMILES string of the molecule is C1CCOC1.C1CCOC1.CC(=O)O.ClC(Cl)Cl.ClC(Cl)Cl.ClC(Cl)Cl.ClC(Cl)Cl.ClC(Cl)Cl.ClC(Cl)Cl.ClC(Cl)Cl.ClC(Cl)Cl.ClC(Cl)Cl.ClC(Cl)Cl. The van der Waals surface area contributed by atoms with Crippen molar-refractivity contribution in [2.45, 2.75) is 75.6 Å². The first-order valence-corrected chi connectivity index (χ1v) is 24.7. The Morgan fingerprint density at radius 2 is 0.370 bits per heavy atom. The lowest BCUT2D eigenvalue weighted by Crippen LogP contribution is -1.78. The molecule has 0 atom stereocenters. The van der Waals surface area contributed by atoms with Gasteiger partial charge >= 0.3 is 0 Å². The van der Waals surface area contributed by atoms with Gasteiger partial charge in [0.05, 0.1) is 0 Å². The molecule has 0 aromatic heterocycles. The smallest absolute Gasteiger partial charge is 0.300 e. The average molecular weight is 1400 g/mol. The molecule has 4 nitrogen and oxygen atoms in total. The molecule has 0 spiro atoms. The Kier molecular flexibility index (Phi) is 139. The van der Waals surface area contributed by atoms with Crippen LogP contribution < -0.4 is 0 Å². The van der Waals surface area contributed by atoms with E-state index in [1.165, 1.54) is 25.7 Å². The maximum atomic E-state index is 9.00. The first-order chi connectivity index (χ1) is 24.1. The van der Waals surface area contributed by atoms with Crippen molar-refractivity contribution in [3.05, 3.63) is 0 Å². The summed E-state index contributed by atoms with van der Waals surface area (Å²) >= 11 is 144. The van der Waals surface area contributed by atoms with Crippen molar-refractivity contribution >= 4 is 354 Å². The molecule has 0 saturated carbocycles. The Bertz CT molecular complexity index is 389. The lowest BCUT2D eigenvalue weighted by atomic mass is 10.4. The number of rotatable bonds is 0. The Hall–Kier alpha value is 8.09. The molecule has 344 valence electrons. The number of carbonyl (C=O) groups is 1. The van der Waals surface area contributed by atoms with E-state index in [9.17, 15) is 0 Å². The topological polar surface area (TPSA) is 55.8 Å². The van der Waals surface area contributed by atoms with Gasteiger partial charge in [-0.3, -0.25) is 4.79 Å². The number of alkyl halides is 30. The summed E-state index contributed by atoms with van der Waals surface area (Å²) in [7, 11) is 0. The first-order valence-electron chi connectivity index (χ1n) is 11.6. The number of hydrogen-bond acceptors (Lipinski definition) is 3. The summed E-state index contributed by atoms with van der Waals surface area (Å²) in [6, 6.07) is 0. The summed E-state index contributed by atoms with van der Waals surface area (Å²) in [5.74, 6) is -0.833. The summed E-state index contributed by atoms with van der Waals surface area (Å²) in [6.45, 7) is 5.08. The maximum absolute atomic E-state index is 9.00. The minimum atomic E-state index is -0.833. The number of aliphatic carboxylic acids is 1. The Morgan fingerprint density at radius 1 is 0.315 bits per heavy atom. The van der Waals surface area contributed by atoms with Gasteiger partial charge in [-0.05, 0) is 25.7 Å². The normalized spacial score (nSPS) is 11.6. The third-order valence-electron chi connectivity index (χ3n) is 1.65. The van der Waals surface area contributed by atoms with Crippen molar-refractivity contribution in [1.82, 2.24) is 0 Å². The number of halogens is 30. The second-order valence-corrected chi connectivity index (χ2v) is 25.4. The van der Waals surface area contributed by atoms with Crippen molar-refractivity contribution in [3.8, 4) is 0 Å². The van der Waals surface area contributed by atoms with Gasteiger partial charge in [0.1, 0.15) is 0 Å². The highest BCUT2D eigenvalue weighted by molar-refractivity contribution is 6.66. The minimum Gasteiger partial charge on any atom is -0.481 e. The molecule has 0 aromatic carbocycles. The van der Waals surface area contributed by atoms with Gasteiger partial charge in [0, 0.05) is 33.4 Å². The standard InChI is InChI=1S/2C4H8O.C2H4O2.10CHCl3/c2*1-2-4-5-3-1;1-2(3)4;10*2-1(3)4/h2*1-4H2;1H3,(H,3,4);10*1H. The Morgan fingerprint density at radius 3 is 0.389 bits per heavy atom. The van der Waals surface area contributed by atoms with Crippen LogP contribution >= 0.6 is 348 Å². The quantitative estimate of drug-likeness (QED) is 0.246. The molecule has 54 heavy (non-hydrogen) atoms. The molecular weight excluding hydrogens is 1370 g/mol. The van der Waals surface area contributed by atoms with E-state index >= 15 is 0 Å². The fourth-order valence-corrected chi connectivity index (χ4v) is 1.02. The molecule has 2 aliphatic rings. The van der Waals surface area contributed by atoms with Crippen molar-refractivity contribution in [2.75, 3.05) is 26.4 Å². The molecule has 0 bridgehead atoms. The molecule has 0 radical (unpaired) electrons. The zero-order valence-electron chi connectivity index (χ0n) is 25.9. The monoisotopic (exact) mass is 1380 g/mol. The fraction of sp³-hybridized carbons (Fsp3) is 0.950. The van der Waals surface area contributed by atoms with Crippen molar-refractivity contribution < 1.29 is 19.4 Å². The van der Waals surface area contributed by atoms with Crippen molar-refractivity contribution in [3.63, 3.8) is 0 Å². The number of carboxylic acid groups (broad SMARTS) is 1. The number of hydrogen-bond donors (Lipinski definition) is 1. The van der Waals surface area contributed by atoms with Crippen LogP contribution in [0.2, 0.25) is 0 Å². The van der Waals surface area contributed by atoms with E-state index in [2.05, 4.69) is 0 Å². The summed E-state index contributed by atoms with van der Waals surface area (Å²) in [5, 5.41) is 7.42. The lowest BCUT2D eigenvalue weighted by molar-refractivity contribution is -0.134. The van der Waals surface area contributed by atoms with Crippen LogP contribution in [0.1, 0.15) is 32.6 Å². The van der Waals surface area contributed by atoms with Crippen LogP contribution in [0.4, 0.5) is 0 Å². The van der Waals surface area contributed by atoms with Gasteiger partial charge in [-0.2, -0.15) is 0 Å². The number of carboxylic acids is 1. The molecule has 0 aromatic rings. The summed E-state index contributed by atoms with van der Waals surface area (Å²) in [4.78, 5) is 9.00. The predicted molar refractivity (Wildman–Crippen MR) is 267 cm³/mol. The molecule has 0 aliphatic carbocycles. The second-order valence-electron chi connectivity index (χ2n) is 5.63. The molecule has 2 saturated heterocycles. The molecule has 2 rings (SSSR count). The van der Waals surface area contributed by atoms with Crippen LogP contribution in [0.25, 0.3) is 0 Å². The number of ether oxygens (including phenoxy) is 2. The highest BCUT2D eigenvalue weighted by Crippen LogP contribution is 2.07. The Labute approximate surface area is 468 Å². The van der Waals surface area contributed by atoms with E-state index in [-0.39, 0.29) is 0 Å². The maximum Gasteiger partial charge on any atom is 0.300 e. The largest absolute Gasteiger partial charge is 0.481 e. The average Bonchev–Trinajstić information content (AvgIpc) is 3.60. The molecular formula is C20H30Cl30O4. The summed E-state index contributed by atoms with van der Waals surface area (Å²) in [6.07, 6.45) is 5.11. The fourth-order valence-electron chi connectivity index (χ4n) is 1.02. The van der Waals surface area contributed by atoms with Gasteiger partial charge in [0.2, 0.25) is 0 Å². The zero-order valence-corrected chi connectivity index (χ0v) is 48.6. The van der Waals surface area contributed by atoms with Crippen LogP contribution in [0, 0.1) is 0 Å². The van der Waals surface area contributed by atoms with Crippen LogP contribution in [-0.2, 0) is 14.3 Å². The van der Waals surface area contributed by atoms with Crippen molar-refractivity contribution in [2.24, 2.45) is 0 Å². The van der Waals surface area contributed by atoms with Crippen LogP contribution in [0.3, 0.4) is 0 Å². The van der Waals surface area contributed by atoms with Gasteiger partial charge in [0.25, 0.3) is 5.97 Å². The van der Waals surface area contributed by atoms with E-state index in [0.717, 1.165) is 33.4 Å². The third kappa shape index (κ3) is 641. The zero-order chi connectivity index (χ0) is 46.4. The molecule has 0 unspecified atom stereocenters. The van der Waals surface area contributed by atoms with E-state index in [4.69, 9.17) is 367 Å². The van der Waals surface area contributed by atoms with Crippen LogP contribution in [0.5, 0.6) is 0 Å². The first kappa shape index (κ1) is 88.8. The van der Waals surface area contributed by atoms with Crippen LogP contribution in [0.15, 0.2) is 0 Å². The molecule has 2 heterocycles. The highest BCUT2D eigenvalue weighted by atomic mass is 35.6. The van der Waals surface area contributed by atoms with E-state index in [0.29, 0.717) is 0 Å². The second kappa shape index (κ2) is 84.5. The molecule has 0 amide bonds. The lowest BCUT2D eigenvalue weighted by Gasteiger charge is -1.76. The van der Waals surface area contributed by atoms with Gasteiger partial charge in [-0.1, -0.05) is 348 Å². The van der Waals surface area contributed by atoms with E-state index < -0.39 is 48.9 Å². The van der Waals surface area contributed by atoms with Gasteiger partial charge in [-0.25, -0.2) is 0 Å². The highest BCUT2D eigenvalue weighted by Gasteiger charge is 1.95. The molecule has 1 N–H and O–H groups in total. The van der Waals surface area contributed by atoms with E-state index in [1.54, 1.807) is 0 Å². The van der Waals surface area contributed by atoms with Crippen molar-refractivity contribution in [1.29, 1.82) is 0 Å².